The Balaban J connectivity index is 1.95. The smallest absolute Gasteiger partial charge is 0.261 e. The van der Waals surface area contributed by atoms with Gasteiger partial charge in [0.2, 0.25) is 0 Å². The van der Waals surface area contributed by atoms with Gasteiger partial charge in [0.05, 0.1) is 5.35 Å². The summed E-state index contributed by atoms with van der Waals surface area (Å²) in [4.78, 5) is 17.6. The van der Waals surface area contributed by atoms with Crippen LogP contribution in [-0.4, -0.2) is 16.0 Å². The first-order valence-electron chi connectivity index (χ1n) is 10.8. The van der Waals surface area contributed by atoms with Crippen LogP contribution in [0, 0.1) is 0 Å². The van der Waals surface area contributed by atoms with E-state index in [2.05, 4.69) is 16.9 Å². The molecule has 1 heterocycles. The number of carbonyl (C=O) groups excluding carboxylic acids is 1. The highest BCUT2D eigenvalue weighted by Crippen LogP contribution is 2.32. The highest BCUT2D eigenvalue weighted by Gasteiger charge is 2.20. The highest BCUT2D eigenvalue weighted by atomic mass is 16.5. The fraction of sp³-hybridized carbons (Fsp3) is 0.214. The fourth-order valence-corrected chi connectivity index (χ4v) is 3.38. The quantitative estimate of drug-likeness (QED) is 0.581. The minimum absolute atomic E-state index is 0.133. The van der Waals surface area contributed by atoms with E-state index in [9.17, 15) is 9.90 Å². The van der Waals surface area contributed by atoms with E-state index in [1.807, 2.05) is 82.3 Å². The van der Waals surface area contributed by atoms with Gasteiger partial charge in [-0.25, -0.2) is 0 Å². The number of phenols is 1. The van der Waals surface area contributed by atoms with Gasteiger partial charge >= 0.3 is 0 Å². The SMILES string of the molecule is C=c1c(OCc2ccccc2)c(C(=O)Nc2ccc(C(C)(C)C)c(O)c2)cn/c1=C/C=C\C. The Labute approximate surface area is 194 Å². The lowest BCUT2D eigenvalue weighted by molar-refractivity contribution is 0.102. The first-order valence-corrected chi connectivity index (χ1v) is 10.8. The van der Waals surface area contributed by atoms with Crippen LogP contribution in [0.15, 0.2) is 66.9 Å². The van der Waals surface area contributed by atoms with Crippen LogP contribution in [0.1, 0.15) is 49.2 Å². The van der Waals surface area contributed by atoms with Gasteiger partial charge in [0, 0.05) is 23.2 Å². The number of pyridine rings is 1. The van der Waals surface area contributed by atoms with Crippen molar-refractivity contribution in [2.45, 2.75) is 39.7 Å². The largest absolute Gasteiger partial charge is 0.508 e. The summed E-state index contributed by atoms with van der Waals surface area (Å²) in [7, 11) is 0. The predicted octanol–water partition coefficient (Wildman–Crippen LogP) is 4.68. The van der Waals surface area contributed by atoms with E-state index >= 15 is 0 Å². The van der Waals surface area contributed by atoms with E-state index < -0.39 is 5.91 Å². The summed E-state index contributed by atoms with van der Waals surface area (Å²) in [5.41, 5.74) is 2.32. The summed E-state index contributed by atoms with van der Waals surface area (Å²) < 4.78 is 6.06. The molecular formula is C28H30N2O3. The molecule has 0 fully saturated rings. The van der Waals surface area contributed by atoms with Crippen molar-refractivity contribution in [2.24, 2.45) is 0 Å². The van der Waals surface area contributed by atoms with Crippen molar-refractivity contribution < 1.29 is 14.6 Å². The predicted molar refractivity (Wildman–Crippen MR) is 134 cm³/mol. The van der Waals surface area contributed by atoms with Gasteiger partial charge in [-0.3, -0.25) is 9.78 Å². The van der Waals surface area contributed by atoms with E-state index in [1.54, 1.807) is 12.1 Å². The molecule has 1 amide bonds. The van der Waals surface area contributed by atoms with Crippen LogP contribution in [-0.2, 0) is 12.0 Å². The summed E-state index contributed by atoms with van der Waals surface area (Å²) in [6, 6.07) is 14.9. The van der Waals surface area contributed by atoms with E-state index in [4.69, 9.17) is 4.74 Å². The minimum atomic E-state index is -0.393. The first-order chi connectivity index (χ1) is 15.7. The van der Waals surface area contributed by atoms with Gasteiger partial charge in [0.25, 0.3) is 5.91 Å². The zero-order valence-electron chi connectivity index (χ0n) is 19.6. The second-order valence-electron chi connectivity index (χ2n) is 8.77. The Kier molecular flexibility index (Phi) is 7.34. The number of hydrogen-bond acceptors (Lipinski definition) is 4. The number of aromatic hydroxyl groups is 1. The van der Waals surface area contributed by atoms with E-state index in [1.165, 1.54) is 6.20 Å². The number of hydrogen-bond donors (Lipinski definition) is 2. The van der Waals surface area contributed by atoms with Crippen molar-refractivity contribution in [3.8, 4) is 11.5 Å². The van der Waals surface area contributed by atoms with Gasteiger partial charge in [-0.1, -0.05) is 75.9 Å². The molecule has 0 radical (unpaired) electrons. The Hall–Kier alpha value is -3.86. The van der Waals surface area contributed by atoms with Gasteiger partial charge < -0.3 is 15.2 Å². The molecule has 5 nitrogen and oxygen atoms in total. The maximum atomic E-state index is 13.2. The topological polar surface area (TPSA) is 71.5 Å². The molecule has 5 heteroatoms. The van der Waals surface area contributed by atoms with E-state index in [0.29, 0.717) is 22.0 Å². The molecule has 0 aliphatic rings. The molecule has 2 aromatic carbocycles. The Morgan fingerprint density at radius 3 is 2.55 bits per heavy atom. The average Bonchev–Trinajstić information content (AvgIpc) is 2.77. The number of carbonyl (C=O) groups is 1. The molecule has 0 atom stereocenters. The molecule has 0 aliphatic carbocycles. The summed E-state index contributed by atoms with van der Waals surface area (Å²) in [6.07, 6.45) is 7.06. The number of nitrogens with zero attached hydrogens (tertiary/aromatic N) is 1. The van der Waals surface area contributed by atoms with Crippen LogP contribution in [0.5, 0.6) is 11.5 Å². The normalized spacial score (nSPS) is 12.2. The Bertz CT molecular complexity index is 1270. The maximum absolute atomic E-state index is 13.2. The highest BCUT2D eigenvalue weighted by molar-refractivity contribution is 6.06. The Morgan fingerprint density at radius 1 is 1.18 bits per heavy atom. The van der Waals surface area contributed by atoms with Gasteiger partial charge in [0.15, 0.2) is 0 Å². The lowest BCUT2D eigenvalue weighted by atomic mass is 9.86. The lowest BCUT2D eigenvalue weighted by Gasteiger charge is -2.21. The lowest BCUT2D eigenvalue weighted by Crippen LogP contribution is -2.31. The molecule has 0 saturated carbocycles. The monoisotopic (exact) mass is 442 g/mol. The van der Waals surface area contributed by atoms with Crippen molar-refractivity contribution in [3.05, 3.63) is 94.1 Å². The number of amides is 1. The molecule has 1 aromatic heterocycles. The molecule has 0 saturated heterocycles. The number of benzene rings is 2. The third kappa shape index (κ3) is 5.89. The van der Waals surface area contributed by atoms with Crippen LogP contribution in [0.2, 0.25) is 0 Å². The Morgan fingerprint density at radius 2 is 1.91 bits per heavy atom. The number of rotatable bonds is 6. The van der Waals surface area contributed by atoms with Crippen molar-refractivity contribution in [1.82, 2.24) is 4.98 Å². The maximum Gasteiger partial charge on any atom is 0.261 e. The standard InChI is InChI=1S/C28H30N2O3/c1-6-7-13-24-19(2)26(33-18-20-11-9-8-10-12-20)22(17-29-24)27(32)30-21-14-15-23(25(31)16-21)28(3,4)5/h6-17,31H,2,18H2,1,3-5H3,(H,30,32)/b7-6-,24-13+. The second-order valence-corrected chi connectivity index (χ2v) is 8.77. The first kappa shape index (κ1) is 23.8. The number of allylic oxidation sites excluding steroid dienone is 2. The van der Waals surface area contributed by atoms with Gasteiger partial charge in [0.1, 0.15) is 23.7 Å². The summed E-state index contributed by atoms with van der Waals surface area (Å²) in [5.74, 6) is 0.113. The number of ether oxygens (including phenoxy) is 1. The molecule has 33 heavy (non-hydrogen) atoms. The van der Waals surface area contributed by atoms with E-state index in [-0.39, 0.29) is 23.3 Å². The number of aromatic nitrogens is 1. The molecule has 2 N–H and O–H groups in total. The zero-order valence-corrected chi connectivity index (χ0v) is 19.6. The number of anilines is 1. The third-order valence-electron chi connectivity index (χ3n) is 5.14. The van der Waals surface area contributed by atoms with Crippen molar-refractivity contribution >= 4 is 24.2 Å². The van der Waals surface area contributed by atoms with Crippen LogP contribution in [0.3, 0.4) is 0 Å². The molecule has 0 aliphatic heterocycles. The van der Waals surface area contributed by atoms with E-state index in [0.717, 1.165) is 11.1 Å². The molecule has 3 rings (SSSR count). The molecular weight excluding hydrogens is 412 g/mol. The molecule has 0 spiro atoms. The van der Waals surface area contributed by atoms with Crippen LogP contribution in [0.25, 0.3) is 12.7 Å². The fourth-order valence-electron chi connectivity index (χ4n) is 3.38. The third-order valence-corrected chi connectivity index (χ3v) is 5.14. The minimum Gasteiger partial charge on any atom is -0.508 e. The second kappa shape index (κ2) is 10.2. The number of nitrogens with one attached hydrogen (secondary N) is 1. The molecule has 170 valence electrons. The summed E-state index contributed by atoms with van der Waals surface area (Å²) in [6.45, 7) is 12.4. The number of phenolic OH excluding ortho intramolecular Hbond substituents is 1. The summed E-state index contributed by atoms with van der Waals surface area (Å²) >= 11 is 0. The molecule has 0 unspecified atom stereocenters. The van der Waals surface area contributed by atoms with Crippen LogP contribution < -0.4 is 20.6 Å². The summed E-state index contributed by atoms with van der Waals surface area (Å²) in [5, 5.41) is 14.4. The van der Waals surface area contributed by atoms with Gasteiger partial charge in [-0.05, 0) is 35.6 Å². The van der Waals surface area contributed by atoms with Gasteiger partial charge in [-0.2, -0.15) is 0 Å². The van der Waals surface area contributed by atoms with Crippen molar-refractivity contribution in [1.29, 1.82) is 0 Å². The molecule has 3 aromatic rings. The average molecular weight is 443 g/mol. The zero-order chi connectivity index (χ0) is 24.0. The van der Waals surface area contributed by atoms with Gasteiger partial charge in [-0.15, -0.1) is 0 Å². The molecule has 0 bridgehead atoms. The van der Waals surface area contributed by atoms with Crippen LogP contribution >= 0.6 is 0 Å². The van der Waals surface area contributed by atoms with Crippen molar-refractivity contribution in [3.63, 3.8) is 0 Å². The van der Waals surface area contributed by atoms with Crippen molar-refractivity contribution in [2.75, 3.05) is 5.32 Å². The van der Waals surface area contributed by atoms with Crippen LogP contribution in [0.4, 0.5) is 5.69 Å².